The minimum absolute atomic E-state index is 0.138. The third-order valence-electron chi connectivity index (χ3n) is 3.36. The molecule has 1 N–H and O–H groups in total. The molecule has 6 heteroatoms. The highest BCUT2D eigenvalue weighted by molar-refractivity contribution is 5.19. The van der Waals surface area contributed by atoms with Crippen molar-refractivity contribution >= 4 is 0 Å². The molecule has 118 valence electrons. The molecule has 2 heterocycles. The van der Waals surface area contributed by atoms with Gasteiger partial charge in [-0.2, -0.15) is 0 Å². The molecule has 6 nitrogen and oxygen atoms in total. The van der Waals surface area contributed by atoms with Gasteiger partial charge in [0.25, 0.3) is 0 Å². The average molecular weight is 295 g/mol. The number of aromatic nitrogens is 1. The second-order valence-corrected chi connectivity index (χ2v) is 5.22. The quantitative estimate of drug-likeness (QED) is 0.706. The van der Waals surface area contributed by atoms with Crippen LogP contribution in [0, 0.1) is 0 Å². The minimum Gasteiger partial charge on any atom is -0.489 e. The summed E-state index contributed by atoms with van der Waals surface area (Å²) >= 11 is 0. The van der Waals surface area contributed by atoms with Crippen LogP contribution in [0.2, 0.25) is 0 Å². The first-order chi connectivity index (χ1) is 10.3. The molecule has 21 heavy (non-hydrogen) atoms. The monoisotopic (exact) mass is 295 g/mol. The molecule has 0 aliphatic carbocycles. The number of nitrogens with zero attached hydrogens (tertiary/aromatic N) is 2. The van der Waals surface area contributed by atoms with Crippen LogP contribution < -0.4 is 10.1 Å². The summed E-state index contributed by atoms with van der Waals surface area (Å²) in [6.07, 6.45) is 1.90. The molecule has 1 unspecified atom stereocenters. The van der Waals surface area contributed by atoms with Crippen LogP contribution in [0.4, 0.5) is 0 Å². The Morgan fingerprint density at radius 1 is 1.48 bits per heavy atom. The SMILES string of the molecule is COCCNCc1ccc(OCC2CN(C)CCO2)cn1. The van der Waals surface area contributed by atoms with Crippen molar-refractivity contribution in [3.63, 3.8) is 0 Å². The lowest BCUT2D eigenvalue weighted by Gasteiger charge is -2.29. The first-order valence-corrected chi connectivity index (χ1v) is 7.35. The highest BCUT2D eigenvalue weighted by Crippen LogP contribution is 2.11. The van der Waals surface area contributed by atoms with Gasteiger partial charge in [0.2, 0.25) is 0 Å². The molecule has 0 bridgehead atoms. The topological polar surface area (TPSA) is 55.8 Å². The Morgan fingerprint density at radius 2 is 2.38 bits per heavy atom. The molecule has 1 atom stereocenters. The van der Waals surface area contributed by atoms with E-state index < -0.39 is 0 Å². The van der Waals surface area contributed by atoms with E-state index in [1.54, 1.807) is 13.3 Å². The summed E-state index contributed by atoms with van der Waals surface area (Å²) in [6.45, 7) is 5.50. The summed E-state index contributed by atoms with van der Waals surface area (Å²) in [5.74, 6) is 0.785. The van der Waals surface area contributed by atoms with E-state index >= 15 is 0 Å². The molecule has 1 saturated heterocycles. The number of ether oxygens (including phenoxy) is 3. The van der Waals surface area contributed by atoms with Gasteiger partial charge in [0.1, 0.15) is 18.5 Å². The lowest BCUT2D eigenvalue weighted by atomic mass is 10.3. The van der Waals surface area contributed by atoms with Crippen LogP contribution >= 0.6 is 0 Å². The molecule has 1 aliphatic heterocycles. The normalized spacial score (nSPS) is 19.6. The molecule has 2 rings (SSSR count). The second kappa shape index (κ2) is 8.94. The number of likely N-dealkylation sites (N-methyl/N-ethyl adjacent to an activating group) is 1. The standard InChI is InChI=1S/C15H25N3O3/c1-18-6-8-20-15(11-18)12-21-14-4-3-13(17-10-14)9-16-5-7-19-2/h3-4,10,15-16H,5-9,11-12H2,1-2H3. The van der Waals surface area contributed by atoms with Crippen molar-refractivity contribution in [1.82, 2.24) is 15.2 Å². The van der Waals surface area contributed by atoms with Crippen LogP contribution in [0.5, 0.6) is 5.75 Å². The number of rotatable bonds is 8. The Kier molecular flexibility index (Phi) is 6.88. The summed E-state index contributed by atoms with van der Waals surface area (Å²) in [6, 6.07) is 3.93. The van der Waals surface area contributed by atoms with Gasteiger partial charge in [-0.05, 0) is 19.2 Å². The Bertz CT molecular complexity index is 400. The smallest absolute Gasteiger partial charge is 0.137 e. The highest BCUT2D eigenvalue weighted by atomic mass is 16.5. The van der Waals surface area contributed by atoms with Crippen molar-refractivity contribution in [1.29, 1.82) is 0 Å². The fraction of sp³-hybridized carbons (Fsp3) is 0.667. The molecule has 1 aromatic heterocycles. The van der Waals surface area contributed by atoms with Gasteiger partial charge < -0.3 is 24.4 Å². The van der Waals surface area contributed by atoms with E-state index in [9.17, 15) is 0 Å². The Morgan fingerprint density at radius 3 is 3.10 bits per heavy atom. The lowest BCUT2D eigenvalue weighted by molar-refractivity contribution is -0.0404. The fourth-order valence-corrected chi connectivity index (χ4v) is 2.15. The summed E-state index contributed by atoms with van der Waals surface area (Å²) in [5.41, 5.74) is 0.993. The number of hydrogen-bond donors (Lipinski definition) is 1. The van der Waals surface area contributed by atoms with Crippen molar-refractivity contribution in [3.8, 4) is 5.75 Å². The van der Waals surface area contributed by atoms with Crippen LogP contribution in [0.15, 0.2) is 18.3 Å². The molecule has 1 fully saturated rings. The maximum absolute atomic E-state index is 5.74. The molecular weight excluding hydrogens is 270 g/mol. The number of nitrogens with one attached hydrogen (secondary N) is 1. The van der Waals surface area contributed by atoms with Gasteiger partial charge in [0.05, 0.1) is 25.1 Å². The average Bonchev–Trinajstić information content (AvgIpc) is 2.51. The van der Waals surface area contributed by atoms with E-state index in [0.29, 0.717) is 13.2 Å². The van der Waals surface area contributed by atoms with Crippen LogP contribution in [0.25, 0.3) is 0 Å². The lowest BCUT2D eigenvalue weighted by Crippen LogP contribution is -2.42. The van der Waals surface area contributed by atoms with Gasteiger partial charge in [0, 0.05) is 33.3 Å². The largest absolute Gasteiger partial charge is 0.489 e. The summed E-state index contributed by atoms with van der Waals surface area (Å²) in [5, 5.41) is 3.26. The van der Waals surface area contributed by atoms with E-state index in [4.69, 9.17) is 14.2 Å². The number of pyridine rings is 1. The third kappa shape index (κ3) is 5.97. The van der Waals surface area contributed by atoms with Crippen LogP contribution in [0.1, 0.15) is 5.69 Å². The fourth-order valence-electron chi connectivity index (χ4n) is 2.15. The van der Waals surface area contributed by atoms with Crippen molar-refractivity contribution in [2.24, 2.45) is 0 Å². The van der Waals surface area contributed by atoms with Crippen molar-refractivity contribution in [2.75, 3.05) is 53.6 Å². The van der Waals surface area contributed by atoms with Crippen LogP contribution in [-0.2, 0) is 16.0 Å². The number of methoxy groups -OCH3 is 1. The zero-order valence-corrected chi connectivity index (χ0v) is 12.9. The van der Waals surface area contributed by atoms with Crippen molar-refractivity contribution in [2.45, 2.75) is 12.6 Å². The predicted molar refractivity (Wildman–Crippen MR) is 80.6 cm³/mol. The maximum Gasteiger partial charge on any atom is 0.137 e. The number of morpholine rings is 1. The molecule has 1 aromatic rings. The van der Waals surface area contributed by atoms with Gasteiger partial charge >= 0.3 is 0 Å². The first-order valence-electron chi connectivity index (χ1n) is 7.35. The van der Waals surface area contributed by atoms with Gasteiger partial charge in [-0.15, -0.1) is 0 Å². The first kappa shape index (κ1) is 16.2. The molecular formula is C15H25N3O3. The van der Waals surface area contributed by atoms with Gasteiger partial charge in [-0.1, -0.05) is 0 Å². The predicted octanol–water partition coefficient (Wildman–Crippen LogP) is 0.527. The third-order valence-corrected chi connectivity index (χ3v) is 3.36. The van der Waals surface area contributed by atoms with Gasteiger partial charge in [0.15, 0.2) is 0 Å². The molecule has 0 amide bonds. The Balaban J connectivity index is 1.69. The Labute approximate surface area is 126 Å². The van der Waals surface area contributed by atoms with Gasteiger partial charge in [-0.3, -0.25) is 4.98 Å². The van der Waals surface area contributed by atoms with Crippen LogP contribution in [0.3, 0.4) is 0 Å². The van der Waals surface area contributed by atoms with E-state index in [1.165, 1.54) is 0 Å². The van der Waals surface area contributed by atoms with Crippen molar-refractivity contribution in [3.05, 3.63) is 24.0 Å². The zero-order chi connectivity index (χ0) is 14.9. The molecule has 0 aromatic carbocycles. The Hall–Kier alpha value is -1.21. The molecule has 1 aliphatic rings. The maximum atomic E-state index is 5.74. The molecule has 0 saturated carbocycles. The molecule has 0 radical (unpaired) electrons. The van der Waals surface area contributed by atoms with E-state index in [1.807, 2.05) is 12.1 Å². The summed E-state index contributed by atoms with van der Waals surface area (Å²) < 4.78 is 16.4. The van der Waals surface area contributed by atoms with Crippen molar-refractivity contribution < 1.29 is 14.2 Å². The minimum atomic E-state index is 0.138. The van der Waals surface area contributed by atoms with E-state index in [2.05, 4.69) is 22.2 Å². The zero-order valence-electron chi connectivity index (χ0n) is 12.9. The molecule has 0 spiro atoms. The van der Waals surface area contributed by atoms with Gasteiger partial charge in [-0.25, -0.2) is 0 Å². The summed E-state index contributed by atoms with van der Waals surface area (Å²) in [4.78, 5) is 6.63. The second-order valence-electron chi connectivity index (χ2n) is 5.22. The van der Waals surface area contributed by atoms with E-state index in [0.717, 1.165) is 44.2 Å². The van der Waals surface area contributed by atoms with E-state index in [-0.39, 0.29) is 6.10 Å². The highest BCUT2D eigenvalue weighted by Gasteiger charge is 2.18. The van der Waals surface area contributed by atoms with Crippen LogP contribution in [-0.4, -0.2) is 69.6 Å². The summed E-state index contributed by atoms with van der Waals surface area (Å²) in [7, 11) is 3.79. The number of hydrogen-bond acceptors (Lipinski definition) is 6.